The number of hydrogen-bond acceptors (Lipinski definition) is 6. The molecule has 1 aliphatic heterocycles. The normalized spacial score (nSPS) is 18.5. The first kappa shape index (κ1) is 16.6. The molecule has 0 spiro atoms. The van der Waals surface area contributed by atoms with E-state index in [0.717, 1.165) is 37.5 Å². The Morgan fingerprint density at radius 3 is 2.33 bits per heavy atom. The Kier molecular flexibility index (Phi) is 5.20. The zero-order valence-corrected chi connectivity index (χ0v) is 14.3. The lowest BCUT2D eigenvalue weighted by atomic mass is 10.3. The zero-order valence-electron chi connectivity index (χ0n) is 12.6. The van der Waals surface area contributed by atoms with E-state index in [9.17, 15) is 13.2 Å². The molecule has 1 saturated heterocycles. The molecule has 1 fully saturated rings. The van der Waals surface area contributed by atoms with Crippen LogP contribution in [0.5, 0.6) is 0 Å². The van der Waals surface area contributed by atoms with Crippen molar-refractivity contribution in [2.45, 2.75) is 11.1 Å². The zero-order chi connectivity index (χ0) is 15.6. The molecule has 0 unspecified atom stereocenters. The van der Waals surface area contributed by atoms with Crippen molar-refractivity contribution in [3.8, 4) is 0 Å². The highest BCUT2D eigenvalue weighted by molar-refractivity contribution is 7.91. The number of thiazole rings is 1. The van der Waals surface area contributed by atoms with Gasteiger partial charge in [-0.15, -0.1) is 0 Å². The molecule has 1 aromatic heterocycles. The summed E-state index contributed by atoms with van der Waals surface area (Å²) in [7, 11) is 0.507. The summed E-state index contributed by atoms with van der Waals surface area (Å²) in [6, 6.07) is 0. The van der Waals surface area contributed by atoms with Crippen molar-refractivity contribution in [3.05, 3.63) is 15.4 Å². The number of nitrogens with one attached hydrogen (secondary N) is 1. The Morgan fingerprint density at radius 2 is 1.86 bits per heavy atom. The number of aromatic amines is 1. The highest BCUT2D eigenvalue weighted by atomic mass is 32.2. The van der Waals surface area contributed by atoms with Crippen molar-refractivity contribution in [1.29, 1.82) is 0 Å². The predicted molar refractivity (Wildman–Crippen MR) is 83.4 cm³/mol. The first-order valence-electron chi connectivity index (χ1n) is 6.87. The van der Waals surface area contributed by atoms with Crippen LogP contribution in [0.25, 0.3) is 0 Å². The molecule has 9 heteroatoms. The molecule has 0 amide bonds. The molecule has 7 nitrogen and oxygen atoms in total. The monoisotopic (exact) mass is 334 g/mol. The van der Waals surface area contributed by atoms with E-state index in [1.807, 2.05) is 14.1 Å². The van der Waals surface area contributed by atoms with E-state index in [4.69, 9.17) is 0 Å². The second-order valence-electron chi connectivity index (χ2n) is 5.48. The molecule has 0 atom stereocenters. The van der Waals surface area contributed by atoms with Crippen LogP contribution in [-0.2, 0) is 10.0 Å². The van der Waals surface area contributed by atoms with Gasteiger partial charge in [-0.05, 0) is 21.0 Å². The standard InChI is InChI=1S/C12H22N4O3S2/c1-10-11(20-12(17)13-10)21(18,19)16-8-6-15(7-9-16)5-4-14(2)3/h4-9H2,1-3H3,(H,13,17). The summed E-state index contributed by atoms with van der Waals surface area (Å²) in [6.45, 7) is 5.93. The van der Waals surface area contributed by atoms with Gasteiger partial charge in [0, 0.05) is 45.0 Å². The Morgan fingerprint density at radius 1 is 1.24 bits per heavy atom. The van der Waals surface area contributed by atoms with Gasteiger partial charge in [0.1, 0.15) is 0 Å². The van der Waals surface area contributed by atoms with Crippen LogP contribution in [0.3, 0.4) is 0 Å². The van der Waals surface area contributed by atoms with Gasteiger partial charge in [-0.1, -0.05) is 11.3 Å². The third-order valence-corrected chi connectivity index (χ3v) is 7.03. The van der Waals surface area contributed by atoms with E-state index < -0.39 is 10.0 Å². The third kappa shape index (κ3) is 3.92. The minimum atomic E-state index is -3.54. The van der Waals surface area contributed by atoms with Gasteiger partial charge in [0.2, 0.25) is 0 Å². The average molecular weight is 334 g/mol. The van der Waals surface area contributed by atoms with E-state index >= 15 is 0 Å². The van der Waals surface area contributed by atoms with Crippen LogP contribution in [-0.4, -0.2) is 80.9 Å². The third-order valence-electron chi connectivity index (χ3n) is 3.55. The van der Waals surface area contributed by atoms with E-state index in [1.54, 1.807) is 6.92 Å². The SMILES string of the molecule is Cc1[nH]c(=O)sc1S(=O)(=O)N1CCN(CCN(C)C)CC1. The Balaban J connectivity index is 2.01. The van der Waals surface area contributed by atoms with Crippen molar-refractivity contribution < 1.29 is 8.42 Å². The second kappa shape index (κ2) is 6.57. The van der Waals surface area contributed by atoms with Gasteiger partial charge in [0.15, 0.2) is 4.21 Å². The van der Waals surface area contributed by atoms with Crippen LogP contribution in [0, 0.1) is 6.92 Å². The molecular formula is C12H22N4O3S2. The fraction of sp³-hybridized carbons (Fsp3) is 0.750. The maximum Gasteiger partial charge on any atom is 0.305 e. The van der Waals surface area contributed by atoms with E-state index in [0.29, 0.717) is 18.8 Å². The quantitative estimate of drug-likeness (QED) is 0.794. The molecule has 0 saturated carbocycles. The number of piperazine rings is 1. The Bertz CT molecular complexity index is 627. The minimum Gasteiger partial charge on any atom is -0.315 e. The molecule has 1 aromatic rings. The largest absolute Gasteiger partial charge is 0.315 e. The second-order valence-corrected chi connectivity index (χ2v) is 8.59. The molecule has 0 aliphatic carbocycles. The van der Waals surface area contributed by atoms with Crippen LogP contribution < -0.4 is 4.87 Å². The van der Waals surface area contributed by atoms with Crippen molar-refractivity contribution in [3.63, 3.8) is 0 Å². The molecule has 0 radical (unpaired) electrons. The van der Waals surface area contributed by atoms with Gasteiger partial charge in [-0.2, -0.15) is 4.31 Å². The number of H-pyrrole nitrogens is 1. The van der Waals surface area contributed by atoms with Crippen molar-refractivity contribution >= 4 is 21.4 Å². The van der Waals surface area contributed by atoms with Gasteiger partial charge in [-0.25, -0.2) is 8.42 Å². The fourth-order valence-electron chi connectivity index (χ4n) is 2.29. The number of hydrogen-bond donors (Lipinski definition) is 1. The number of aromatic nitrogens is 1. The molecule has 0 bridgehead atoms. The van der Waals surface area contributed by atoms with Gasteiger partial charge in [-0.3, -0.25) is 9.69 Å². The summed E-state index contributed by atoms with van der Waals surface area (Å²) in [5.41, 5.74) is 0.431. The highest BCUT2D eigenvalue weighted by Gasteiger charge is 2.31. The predicted octanol–water partition coefficient (Wildman–Crippen LogP) is -0.387. The molecule has 0 aromatic carbocycles. The van der Waals surface area contributed by atoms with Crippen LogP contribution in [0.2, 0.25) is 0 Å². The van der Waals surface area contributed by atoms with Crippen LogP contribution in [0.4, 0.5) is 0 Å². The van der Waals surface area contributed by atoms with Gasteiger partial charge in [0.25, 0.3) is 10.0 Å². The van der Waals surface area contributed by atoms with E-state index in [-0.39, 0.29) is 9.08 Å². The lowest BCUT2D eigenvalue weighted by Gasteiger charge is -2.34. The molecule has 21 heavy (non-hydrogen) atoms. The summed E-state index contributed by atoms with van der Waals surface area (Å²) in [5.74, 6) is 0. The molecule has 1 aliphatic rings. The fourth-order valence-corrected chi connectivity index (χ4v) is 5.15. The first-order valence-corrected chi connectivity index (χ1v) is 9.13. The smallest absolute Gasteiger partial charge is 0.305 e. The van der Waals surface area contributed by atoms with Crippen molar-refractivity contribution in [2.75, 3.05) is 53.4 Å². The van der Waals surface area contributed by atoms with Crippen LogP contribution in [0.15, 0.2) is 9.00 Å². The maximum atomic E-state index is 12.5. The number of nitrogens with zero attached hydrogens (tertiary/aromatic N) is 3. The summed E-state index contributed by atoms with van der Waals surface area (Å²) in [5, 5.41) is 0. The van der Waals surface area contributed by atoms with Gasteiger partial charge >= 0.3 is 4.87 Å². The summed E-state index contributed by atoms with van der Waals surface area (Å²) in [4.78, 5) is 17.9. The van der Waals surface area contributed by atoms with Crippen LogP contribution >= 0.6 is 11.3 Å². The molecule has 2 rings (SSSR count). The van der Waals surface area contributed by atoms with Gasteiger partial charge < -0.3 is 9.88 Å². The summed E-state index contributed by atoms with van der Waals surface area (Å²) < 4.78 is 26.7. The van der Waals surface area contributed by atoms with Crippen molar-refractivity contribution in [1.82, 2.24) is 19.1 Å². The minimum absolute atomic E-state index is 0.147. The number of likely N-dealkylation sites (N-methyl/N-ethyl adjacent to an activating group) is 1. The van der Waals surface area contributed by atoms with Crippen LogP contribution in [0.1, 0.15) is 5.69 Å². The lowest BCUT2D eigenvalue weighted by molar-refractivity contribution is 0.175. The highest BCUT2D eigenvalue weighted by Crippen LogP contribution is 2.22. The van der Waals surface area contributed by atoms with E-state index in [1.165, 1.54) is 4.31 Å². The van der Waals surface area contributed by atoms with Gasteiger partial charge in [0.05, 0.1) is 0 Å². The topological polar surface area (TPSA) is 76.7 Å². The summed E-state index contributed by atoms with van der Waals surface area (Å²) in [6.07, 6.45) is 0. The number of sulfonamides is 1. The molecule has 1 N–H and O–H groups in total. The lowest BCUT2D eigenvalue weighted by Crippen LogP contribution is -2.49. The van der Waals surface area contributed by atoms with Crippen molar-refractivity contribution in [2.24, 2.45) is 0 Å². The first-order chi connectivity index (χ1) is 9.80. The molecule has 120 valence electrons. The Hall–Kier alpha value is -0.740. The average Bonchev–Trinajstić information content (AvgIpc) is 2.76. The number of aryl methyl sites for hydroxylation is 1. The summed E-state index contributed by atoms with van der Waals surface area (Å²) >= 11 is 0.769. The molecular weight excluding hydrogens is 312 g/mol. The molecule has 2 heterocycles. The Labute approximate surface area is 129 Å². The van der Waals surface area contributed by atoms with E-state index in [2.05, 4.69) is 14.8 Å². The maximum absolute atomic E-state index is 12.5. The number of rotatable bonds is 5.